The highest BCUT2D eigenvalue weighted by molar-refractivity contribution is 5.88. The Kier molecular flexibility index (Phi) is 5.92. The van der Waals surface area contributed by atoms with Gasteiger partial charge in [-0.25, -0.2) is 9.78 Å². The number of alkyl halides is 3. The minimum absolute atomic E-state index is 0.0634. The van der Waals surface area contributed by atoms with E-state index in [1.54, 1.807) is 48.5 Å². The fourth-order valence-corrected chi connectivity index (χ4v) is 3.72. The normalized spacial score (nSPS) is 11.9. The van der Waals surface area contributed by atoms with E-state index >= 15 is 0 Å². The van der Waals surface area contributed by atoms with Crippen LogP contribution in [0, 0.1) is 0 Å². The van der Waals surface area contributed by atoms with Crippen LogP contribution in [0.15, 0.2) is 99.2 Å². The summed E-state index contributed by atoms with van der Waals surface area (Å²) in [5, 5.41) is 13.5. The molecule has 2 heterocycles. The maximum absolute atomic E-state index is 13.3. The molecule has 184 valence electrons. The fourth-order valence-electron chi connectivity index (χ4n) is 3.72. The van der Waals surface area contributed by atoms with Crippen LogP contribution in [0.1, 0.15) is 21.7 Å². The number of aromatic carboxylic acids is 1. The molecular weight excluding hydrogens is 487 g/mol. The van der Waals surface area contributed by atoms with Crippen LogP contribution in [0.4, 0.5) is 13.2 Å². The number of furan rings is 1. The molecule has 0 bridgehead atoms. The van der Waals surface area contributed by atoms with E-state index in [1.807, 2.05) is 0 Å². The summed E-state index contributed by atoms with van der Waals surface area (Å²) in [6.45, 7) is 0. The zero-order valence-corrected chi connectivity index (χ0v) is 18.8. The summed E-state index contributed by atoms with van der Waals surface area (Å²) < 4.78 is 46.7. The van der Waals surface area contributed by atoms with Gasteiger partial charge < -0.3 is 9.52 Å². The summed E-state index contributed by atoms with van der Waals surface area (Å²) in [5.41, 5.74) is -0.316. The van der Waals surface area contributed by atoms with Gasteiger partial charge >= 0.3 is 12.1 Å². The lowest BCUT2D eigenvalue weighted by Crippen LogP contribution is -2.20. The van der Waals surface area contributed by atoms with E-state index in [-0.39, 0.29) is 28.1 Å². The van der Waals surface area contributed by atoms with Crippen molar-refractivity contribution < 1.29 is 27.5 Å². The third-order valence-corrected chi connectivity index (χ3v) is 5.55. The van der Waals surface area contributed by atoms with Gasteiger partial charge in [-0.1, -0.05) is 36.4 Å². The monoisotopic (exact) mass is 503 g/mol. The van der Waals surface area contributed by atoms with Gasteiger partial charge in [0.05, 0.1) is 28.2 Å². The van der Waals surface area contributed by atoms with E-state index in [4.69, 9.17) is 9.52 Å². The van der Waals surface area contributed by atoms with Crippen molar-refractivity contribution in [2.24, 2.45) is 5.10 Å². The molecular formula is C27H16F3N3O4. The number of aromatic nitrogens is 2. The molecule has 1 N–H and O–H groups in total. The lowest BCUT2D eigenvalue weighted by Gasteiger charge is -2.11. The first-order chi connectivity index (χ1) is 17.7. The fraction of sp³-hybridized carbons (Fsp3) is 0.0370. The number of carbonyl (C=O) groups is 1. The first-order valence-corrected chi connectivity index (χ1v) is 10.9. The van der Waals surface area contributed by atoms with Crippen LogP contribution in [-0.4, -0.2) is 27.0 Å². The average molecular weight is 503 g/mol. The minimum atomic E-state index is -4.57. The molecule has 0 aliphatic heterocycles. The highest BCUT2D eigenvalue weighted by atomic mass is 19.4. The first-order valence-electron chi connectivity index (χ1n) is 10.9. The Hall–Kier alpha value is -4.99. The zero-order valence-electron chi connectivity index (χ0n) is 18.8. The number of halogens is 3. The number of benzene rings is 3. The molecule has 0 unspecified atom stereocenters. The molecule has 0 spiro atoms. The molecule has 0 radical (unpaired) electrons. The van der Waals surface area contributed by atoms with Crippen LogP contribution < -0.4 is 5.56 Å². The SMILES string of the molecule is O=C(O)c1ccc(-c2ccc(C=Nn3c(-c4cccc(C(F)(F)F)c4)nc4ccccc4c3=O)o2)cc1. The smallest absolute Gasteiger partial charge is 0.416 e. The lowest BCUT2D eigenvalue weighted by atomic mass is 10.1. The van der Waals surface area contributed by atoms with Crippen molar-refractivity contribution in [1.29, 1.82) is 0 Å². The number of para-hydroxylation sites is 1. The Morgan fingerprint density at radius 2 is 1.70 bits per heavy atom. The van der Waals surface area contributed by atoms with Crippen LogP contribution in [0.5, 0.6) is 0 Å². The first kappa shape index (κ1) is 23.7. The predicted molar refractivity (Wildman–Crippen MR) is 131 cm³/mol. The summed E-state index contributed by atoms with van der Waals surface area (Å²) in [5.74, 6) is -0.431. The van der Waals surface area contributed by atoms with Crippen molar-refractivity contribution in [2.75, 3.05) is 0 Å². The number of nitrogens with zero attached hydrogens (tertiary/aromatic N) is 3. The van der Waals surface area contributed by atoms with Gasteiger partial charge in [0, 0.05) is 11.1 Å². The second-order valence-corrected chi connectivity index (χ2v) is 7.98. The summed E-state index contributed by atoms with van der Waals surface area (Å²) in [7, 11) is 0. The van der Waals surface area contributed by atoms with E-state index in [2.05, 4.69) is 10.1 Å². The van der Waals surface area contributed by atoms with E-state index in [9.17, 15) is 22.8 Å². The molecule has 0 saturated carbocycles. The Morgan fingerprint density at radius 1 is 0.946 bits per heavy atom. The second kappa shape index (κ2) is 9.23. The lowest BCUT2D eigenvalue weighted by molar-refractivity contribution is -0.137. The summed E-state index contributed by atoms with van der Waals surface area (Å²) in [6, 6.07) is 20.3. The summed E-state index contributed by atoms with van der Waals surface area (Å²) in [4.78, 5) is 28.7. The number of rotatable bonds is 5. The van der Waals surface area contributed by atoms with Crippen LogP contribution in [-0.2, 0) is 6.18 Å². The van der Waals surface area contributed by atoms with Gasteiger partial charge in [0.2, 0.25) is 0 Å². The number of carboxylic acids is 1. The molecule has 0 amide bonds. The van der Waals surface area contributed by atoms with Gasteiger partial charge in [-0.2, -0.15) is 22.9 Å². The largest absolute Gasteiger partial charge is 0.478 e. The van der Waals surface area contributed by atoms with E-state index < -0.39 is 23.3 Å². The Bertz CT molecular complexity index is 1720. The maximum atomic E-state index is 13.3. The Labute approximate surface area is 206 Å². The second-order valence-electron chi connectivity index (χ2n) is 7.98. The van der Waals surface area contributed by atoms with Crippen molar-refractivity contribution in [3.8, 4) is 22.7 Å². The molecule has 0 saturated heterocycles. The van der Waals surface area contributed by atoms with Gasteiger partial charge in [-0.05, 0) is 48.5 Å². The predicted octanol–water partition coefficient (Wildman–Crippen LogP) is 5.92. The third kappa shape index (κ3) is 4.76. The van der Waals surface area contributed by atoms with Crippen molar-refractivity contribution in [2.45, 2.75) is 6.18 Å². The Morgan fingerprint density at radius 3 is 2.43 bits per heavy atom. The van der Waals surface area contributed by atoms with Crippen LogP contribution in [0.25, 0.3) is 33.6 Å². The van der Waals surface area contributed by atoms with Crippen LogP contribution >= 0.6 is 0 Å². The maximum Gasteiger partial charge on any atom is 0.416 e. The number of hydrogen-bond acceptors (Lipinski definition) is 5. The average Bonchev–Trinajstić information content (AvgIpc) is 3.37. The van der Waals surface area contributed by atoms with Crippen LogP contribution in [0.3, 0.4) is 0 Å². The summed E-state index contributed by atoms with van der Waals surface area (Å²) in [6.07, 6.45) is -3.32. The van der Waals surface area contributed by atoms with Crippen molar-refractivity contribution in [3.63, 3.8) is 0 Å². The molecule has 0 aliphatic rings. The molecule has 5 aromatic rings. The molecule has 0 aliphatic carbocycles. The van der Waals surface area contributed by atoms with Crippen molar-refractivity contribution >= 4 is 23.1 Å². The van der Waals surface area contributed by atoms with Gasteiger partial charge in [-0.15, -0.1) is 0 Å². The molecule has 2 aromatic heterocycles. The molecule has 7 nitrogen and oxygen atoms in total. The number of fused-ring (bicyclic) bond motifs is 1. The molecule has 0 fully saturated rings. The van der Waals surface area contributed by atoms with Crippen LogP contribution in [0.2, 0.25) is 0 Å². The van der Waals surface area contributed by atoms with E-state index in [0.29, 0.717) is 16.8 Å². The van der Waals surface area contributed by atoms with Gasteiger partial charge in [0.25, 0.3) is 5.56 Å². The van der Waals surface area contributed by atoms with Gasteiger partial charge in [0.15, 0.2) is 5.82 Å². The standard InChI is InChI=1S/C27H16F3N3O4/c28-27(29,30)19-5-3-4-18(14-19)24-32-22-7-2-1-6-21(22)25(34)33(24)31-15-20-12-13-23(37-20)16-8-10-17(11-9-16)26(35)36/h1-15H,(H,35,36). The highest BCUT2D eigenvalue weighted by Gasteiger charge is 2.31. The molecule has 10 heteroatoms. The van der Waals surface area contributed by atoms with Crippen molar-refractivity contribution in [1.82, 2.24) is 9.66 Å². The van der Waals surface area contributed by atoms with Gasteiger partial charge in [0.1, 0.15) is 11.5 Å². The topological polar surface area (TPSA) is 97.7 Å². The highest BCUT2D eigenvalue weighted by Crippen LogP contribution is 2.32. The number of carboxylic acid groups (broad SMARTS) is 1. The quantitative estimate of drug-likeness (QED) is 0.300. The molecule has 0 atom stereocenters. The molecule has 5 rings (SSSR count). The zero-order chi connectivity index (χ0) is 26.2. The molecule has 37 heavy (non-hydrogen) atoms. The third-order valence-electron chi connectivity index (χ3n) is 5.55. The number of hydrogen-bond donors (Lipinski definition) is 1. The van der Waals surface area contributed by atoms with Gasteiger partial charge in [-0.3, -0.25) is 4.79 Å². The summed E-state index contributed by atoms with van der Waals surface area (Å²) >= 11 is 0. The minimum Gasteiger partial charge on any atom is -0.478 e. The molecule has 3 aromatic carbocycles. The Balaban J connectivity index is 1.57. The van der Waals surface area contributed by atoms with Crippen molar-refractivity contribution in [3.05, 3.63) is 112 Å². The van der Waals surface area contributed by atoms with E-state index in [1.165, 1.54) is 30.5 Å². The van der Waals surface area contributed by atoms with E-state index in [0.717, 1.165) is 16.8 Å².